The first-order valence-electron chi connectivity index (χ1n) is 9.35. The minimum absolute atomic E-state index is 0.168. The van der Waals surface area contributed by atoms with Crippen LogP contribution < -0.4 is 10.2 Å². The van der Waals surface area contributed by atoms with Crippen molar-refractivity contribution in [2.24, 2.45) is 5.10 Å². The number of carbonyl (C=O) groups is 1. The van der Waals surface area contributed by atoms with E-state index in [1.54, 1.807) is 18.5 Å². The van der Waals surface area contributed by atoms with Crippen molar-refractivity contribution in [3.63, 3.8) is 0 Å². The van der Waals surface area contributed by atoms with Gasteiger partial charge in [0.2, 0.25) is 5.91 Å². The molecule has 0 saturated carbocycles. The predicted octanol–water partition coefficient (Wildman–Crippen LogP) is 4.77. The number of hydrogen-bond acceptors (Lipinski definition) is 4. The summed E-state index contributed by atoms with van der Waals surface area (Å²) < 4.78 is 5.72. The Labute approximate surface area is 175 Å². The normalized spacial score (nSPS) is 11.2. The number of nitrogens with zero attached hydrogens (tertiary/aromatic N) is 2. The molecular formula is C23H22ClN3O2. The van der Waals surface area contributed by atoms with Gasteiger partial charge >= 0.3 is 0 Å². The van der Waals surface area contributed by atoms with Gasteiger partial charge in [-0.15, -0.1) is 0 Å². The molecule has 0 spiro atoms. The topological polar surface area (TPSA) is 63.6 Å². The molecule has 5 nitrogen and oxygen atoms in total. The zero-order valence-corrected chi connectivity index (χ0v) is 16.9. The predicted molar refractivity (Wildman–Crippen MR) is 115 cm³/mol. The van der Waals surface area contributed by atoms with Crippen LogP contribution in [0, 0.1) is 6.92 Å². The highest BCUT2D eigenvalue weighted by Crippen LogP contribution is 2.21. The van der Waals surface area contributed by atoms with E-state index < -0.39 is 0 Å². The van der Waals surface area contributed by atoms with Crippen LogP contribution >= 0.6 is 11.6 Å². The van der Waals surface area contributed by atoms with E-state index in [2.05, 4.69) is 15.5 Å². The summed E-state index contributed by atoms with van der Waals surface area (Å²) in [6, 6.07) is 18.9. The molecule has 6 heteroatoms. The molecule has 0 radical (unpaired) electrons. The van der Waals surface area contributed by atoms with Crippen molar-refractivity contribution >= 4 is 23.2 Å². The van der Waals surface area contributed by atoms with E-state index in [1.165, 1.54) is 0 Å². The van der Waals surface area contributed by atoms with E-state index in [4.69, 9.17) is 16.3 Å². The van der Waals surface area contributed by atoms with E-state index in [0.717, 1.165) is 22.4 Å². The number of carbonyl (C=O) groups excluding carboxylic acids is 1. The number of benzene rings is 2. The molecule has 1 N–H and O–H groups in total. The van der Waals surface area contributed by atoms with Gasteiger partial charge in [-0.05, 0) is 49.2 Å². The second-order valence-corrected chi connectivity index (χ2v) is 6.90. The summed E-state index contributed by atoms with van der Waals surface area (Å²) >= 11 is 5.94. The summed E-state index contributed by atoms with van der Waals surface area (Å²) in [6.07, 6.45) is 4.32. The van der Waals surface area contributed by atoms with Gasteiger partial charge in [-0.2, -0.15) is 5.10 Å². The molecule has 1 heterocycles. The van der Waals surface area contributed by atoms with Crippen LogP contribution in [-0.2, 0) is 4.79 Å². The van der Waals surface area contributed by atoms with Crippen molar-refractivity contribution in [2.75, 3.05) is 6.61 Å². The summed E-state index contributed by atoms with van der Waals surface area (Å²) in [6.45, 7) is 2.37. The molecule has 148 valence electrons. The molecule has 0 aliphatic carbocycles. The first kappa shape index (κ1) is 20.6. The zero-order chi connectivity index (χ0) is 20.5. The number of pyridine rings is 1. The zero-order valence-electron chi connectivity index (χ0n) is 16.1. The minimum Gasteiger partial charge on any atom is -0.493 e. The number of ether oxygens (including phenoxy) is 1. The van der Waals surface area contributed by atoms with Crippen LogP contribution in [-0.4, -0.2) is 23.2 Å². The standard InChI is InChI=1S/C23H22ClN3O2/c1-17-15-20(24)11-12-21(17)29-14-6-10-22(28)26-27-23(18-7-3-2-4-8-18)19-9-5-13-25-16-19/h2-5,7-9,11-13,15-16H,6,10,14H2,1H3,(H,26,28). The Bertz CT molecular complexity index is 934. The maximum absolute atomic E-state index is 12.2. The van der Waals surface area contributed by atoms with E-state index in [9.17, 15) is 4.79 Å². The van der Waals surface area contributed by atoms with Gasteiger partial charge in [0.15, 0.2) is 0 Å². The lowest BCUT2D eigenvalue weighted by Crippen LogP contribution is -2.21. The van der Waals surface area contributed by atoms with E-state index >= 15 is 0 Å². The molecule has 3 aromatic rings. The molecule has 0 aliphatic rings. The fourth-order valence-corrected chi connectivity index (χ4v) is 2.99. The first-order chi connectivity index (χ1) is 14.1. The molecule has 1 amide bonds. The third kappa shape index (κ3) is 6.16. The second kappa shape index (κ2) is 10.4. The van der Waals surface area contributed by atoms with E-state index in [1.807, 2.05) is 61.5 Å². The molecular weight excluding hydrogens is 386 g/mol. The maximum Gasteiger partial charge on any atom is 0.240 e. The van der Waals surface area contributed by atoms with Crippen LogP contribution in [0.15, 0.2) is 78.2 Å². The quantitative estimate of drug-likeness (QED) is 0.332. The first-order valence-corrected chi connectivity index (χ1v) is 9.72. The Morgan fingerprint density at radius 3 is 2.62 bits per heavy atom. The van der Waals surface area contributed by atoms with Crippen molar-refractivity contribution in [3.8, 4) is 5.75 Å². The number of rotatable bonds is 8. The number of nitrogens with one attached hydrogen (secondary N) is 1. The maximum atomic E-state index is 12.2. The average Bonchev–Trinajstić information content (AvgIpc) is 2.74. The lowest BCUT2D eigenvalue weighted by molar-refractivity contribution is -0.121. The van der Waals surface area contributed by atoms with E-state index in [0.29, 0.717) is 30.2 Å². The highest BCUT2D eigenvalue weighted by molar-refractivity contribution is 6.30. The van der Waals surface area contributed by atoms with Crippen LogP contribution in [0.5, 0.6) is 5.75 Å². The van der Waals surface area contributed by atoms with Gasteiger partial charge in [-0.1, -0.05) is 41.9 Å². The molecule has 0 bridgehead atoms. The Kier molecular flexibility index (Phi) is 7.36. The molecule has 0 fully saturated rings. The van der Waals surface area contributed by atoms with Gasteiger partial charge in [0.1, 0.15) is 5.75 Å². The van der Waals surface area contributed by atoms with Crippen molar-refractivity contribution in [3.05, 3.63) is 94.8 Å². The monoisotopic (exact) mass is 407 g/mol. The molecule has 3 rings (SSSR count). The summed E-state index contributed by atoms with van der Waals surface area (Å²) in [7, 11) is 0. The largest absolute Gasteiger partial charge is 0.493 e. The number of hydrazone groups is 1. The van der Waals surface area contributed by atoms with Crippen LogP contribution in [0.3, 0.4) is 0 Å². The Morgan fingerprint density at radius 1 is 1.10 bits per heavy atom. The molecule has 29 heavy (non-hydrogen) atoms. The highest BCUT2D eigenvalue weighted by Gasteiger charge is 2.08. The van der Waals surface area contributed by atoms with Crippen molar-refractivity contribution in [1.29, 1.82) is 0 Å². The summed E-state index contributed by atoms with van der Waals surface area (Å²) in [5.41, 5.74) is 6.02. The van der Waals surface area contributed by atoms with Gasteiger partial charge in [0.05, 0.1) is 12.3 Å². The number of aromatic nitrogens is 1. The fourth-order valence-electron chi connectivity index (χ4n) is 2.76. The molecule has 0 aliphatic heterocycles. The van der Waals surface area contributed by atoms with Crippen LogP contribution in [0.25, 0.3) is 0 Å². The third-order valence-electron chi connectivity index (χ3n) is 4.22. The van der Waals surface area contributed by atoms with Crippen LogP contribution in [0.2, 0.25) is 5.02 Å². The molecule has 0 atom stereocenters. The second-order valence-electron chi connectivity index (χ2n) is 6.46. The van der Waals surface area contributed by atoms with Crippen LogP contribution in [0.1, 0.15) is 29.5 Å². The van der Waals surface area contributed by atoms with Gasteiger partial charge in [0, 0.05) is 35.0 Å². The minimum atomic E-state index is -0.168. The SMILES string of the molecule is Cc1cc(Cl)ccc1OCCCC(=O)NN=C(c1ccccc1)c1cccnc1. The smallest absolute Gasteiger partial charge is 0.240 e. The van der Waals surface area contributed by atoms with Crippen molar-refractivity contribution in [2.45, 2.75) is 19.8 Å². The molecule has 0 unspecified atom stereocenters. The average molecular weight is 408 g/mol. The van der Waals surface area contributed by atoms with Gasteiger partial charge in [-0.25, -0.2) is 5.43 Å². The van der Waals surface area contributed by atoms with E-state index in [-0.39, 0.29) is 5.91 Å². The number of amides is 1. The molecule has 2 aromatic carbocycles. The van der Waals surface area contributed by atoms with Gasteiger partial charge < -0.3 is 4.74 Å². The van der Waals surface area contributed by atoms with Crippen LogP contribution in [0.4, 0.5) is 0 Å². The van der Waals surface area contributed by atoms with Gasteiger partial charge in [-0.3, -0.25) is 9.78 Å². The summed E-state index contributed by atoms with van der Waals surface area (Å²) in [5.74, 6) is 0.606. The number of hydrogen-bond donors (Lipinski definition) is 1. The Morgan fingerprint density at radius 2 is 1.90 bits per heavy atom. The van der Waals surface area contributed by atoms with Gasteiger partial charge in [0.25, 0.3) is 0 Å². The third-order valence-corrected chi connectivity index (χ3v) is 4.45. The highest BCUT2D eigenvalue weighted by atomic mass is 35.5. The van der Waals surface area contributed by atoms with Crippen molar-refractivity contribution in [1.82, 2.24) is 10.4 Å². The molecule has 0 saturated heterocycles. The lowest BCUT2D eigenvalue weighted by Gasteiger charge is -2.09. The Hall–Kier alpha value is -3.18. The fraction of sp³-hybridized carbons (Fsp3) is 0.174. The molecule has 1 aromatic heterocycles. The number of halogens is 1. The number of aryl methyl sites for hydroxylation is 1. The summed E-state index contributed by atoms with van der Waals surface area (Å²) in [4.78, 5) is 16.4. The summed E-state index contributed by atoms with van der Waals surface area (Å²) in [5, 5.41) is 5.02. The van der Waals surface area contributed by atoms with Crippen molar-refractivity contribution < 1.29 is 9.53 Å². The lowest BCUT2D eigenvalue weighted by atomic mass is 10.0. The Balaban J connectivity index is 1.56.